The number of nitrogens with zero attached hydrogens (tertiary/aromatic N) is 2. The number of ether oxygens (including phenoxy) is 1. The number of carbonyl (C=O) groups excluding carboxylic acids is 1. The van der Waals surface area contributed by atoms with E-state index in [2.05, 4.69) is 22.2 Å². The lowest BCUT2D eigenvalue weighted by Crippen LogP contribution is -2.36. The van der Waals surface area contributed by atoms with Crippen molar-refractivity contribution in [3.63, 3.8) is 0 Å². The van der Waals surface area contributed by atoms with Crippen molar-refractivity contribution in [3.05, 3.63) is 11.1 Å². The summed E-state index contributed by atoms with van der Waals surface area (Å²) in [6.07, 6.45) is 2.55. The lowest BCUT2D eigenvalue weighted by atomic mass is 10.1. The molecular weight excluding hydrogens is 262 g/mol. The molecule has 1 N–H and O–H groups in total. The summed E-state index contributed by atoms with van der Waals surface area (Å²) in [7, 11) is 2.15. The van der Waals surface area contributed by atoms with Crippen molar-refractivity contribution in [2.75, 3.05) is 32.1 Å². The van der Waals surface area contributed by atoms with E-state index in [0.717, 1.165) is 36.8 Å². The van der Waals surface area contributed by atoms with Gasteiger partial charge >= 0.3 is 5.97 Å². The molecule has 1 aromatic heterocycles. The molecule has 1 saturated heterocycles. The fourth-order valence-electron chi connectivity index (χ4n) is 2.14. The van der Waals surface area contributed by atoms with Gasteiger partial charge in [0.2, 0.25) is 0 Å². The Kier molecular flexibility index (Phi) is 5.15. The molecule has 1 aliphatic heterocycles. The minimum Gasteiger partial charge on any atom is -0.466 e. The maximum absolute atomic E-state index is 11.4. The predicted octanol–water partition coefficient (Wildman–Crippen LogP) is 1.75. The smallest absolute Gasteiger partial charge is 0.311 e. The minimum atomic E-state index is -0.210. The lowest BCUT2D eigenvalue weighted by Gasteiger charge is -2.29. The number of nitrogens with one attached hydrogen (secondary N) is 1. The van der Waals surface area contributed by atoms with Crippen molar-refractivity contribution in [2.24, 2.45) is 0 Å². The van der Waals surface area contributed by atoms with Gasteiger partial charge in [0, 0.05) is 11.4 Å². The van der Waals surface area contributed by atoms with Crippen molar-refractivity contribution >= 4 is 22.4 Å². The number of rotatable bonds is 5. The Bertz CT molecular complexity index is 414. The van der Waals surface area contributed by atoms with Crippen molar-refractivity contribution in [1.82, 2.24) is 9.88 Å². The van der Waals surface area contributed by atoms with E-state index in [1.165, 1.54) is 0 Å². The lowest BCUT2D eigenvalue weighted by molar-refractivity contribution is -0.142. The number of likely N-dealkylation sites (tertiary alicyclic amines) is 1. The summed E-state index contributed by atoms with van der Waals surface area (Å²) in [6, 6.07) is 0.498. The van der Waals surface area contributed by atoms with E-state index in [-0.39, 0.29) is 12.4 Å². The van der Waals surface area contributed by atoms with E-state index in [1.54, 1.807) is 11.3 Å². The van der Waals surface area contributed by atoms with E-state index in [0.29, 0.717) is 12.6 Å². The van der Waals surface area contributed by atoms with Crippen molar-refractivity contribution in [2.45, 2.75) is 32.2 Å². The van der Waals surface area contributed by atoms with Gasteiger partial charge in [-0.25, -0.2) is 4.98 Å². The van der Waals surface area contributed by atoms with Gasteiger partial charge in [-0.05, 0) is 39.9 Å². The van der Waals surface area contributed by atoms with Crippen LogP contribution in [0.4, 0.5) is 5.13 Å². The zero-order chi connectivity index (χ0) is 13.7. The number of aromatic nitrogens is 1. The fraction of sp³-hybridized carbons (Fsp3) is 0.692. The van der Waals surface area contributed by atoms with Crippen LogP contribution in [0.3, 0.4) is 0 Å². The van der Waals surface area contributed by atoms with Gasteiger partial charge in [-0.2, -0.15) is 0 Å². The summed E-state index contributed by atoms with van der Waals surface area (Å²) >= 11 is 1.56. The van der Waals surface area contributed by atoms with Crippen molar-refractivity contribution in [1.29, 1.82) is 0 Å². The van der Waals surface area contributed by atoms with Gasteiger partial charge < -0.3 is 15.0 Å². The molecule has 0 bridgehead atoms. The molecule has 2 rings (SSSR count). The second kappa shape index (κ2) is 6.86. The SMILES string of the molecule is CCOC(=O)Cc1csc(NC2CCN(C)CC2)n1. The largest absolute Gasteiger partial charge is 0.466 e. The molecule has 0 spiro atoms. The number of carbonyl (C=O) groups is 1. The summed E-state index contributed by atoms with van der Waals surface area (Å²) in [5.74, 6) is -0.210. The van der Waals surface area contributed by atoms with Crippen molar-refractivity contribution < 1.29 is 9.53 Å². The Morgan fingerprint density at radius 1 is 1.58 bits per heavy atom. The molecule has 0 amide bonds. The molecule has 0 saturated carbocycles. The van der Waals surface area contributed by atoms with Gasteiger partial charge in [0.1, 0.15) is 0 Å². The van der Waals surface area contributed by atoms with E-state index in [1.807, 2.05) is 12.3 Å². The normalized spacial score (nSPS) is 17.4. The molecule has 1 aliphatic rings. The Hall–Kier alpha value is -1.14. The number of hydrogen-bond acceptors (Lipinski definition) is 6. The molecule has 0 aromatic carbocycles. The van der Waals surface area contributed by atoms with Crippen LogP contribution in [-0.2, 0) is 16.0 Å². The third kappa shape index (κ3) is 4.47. The summed E-state index contributed by atoms with van der Waals surface area (Å²) in [4.78, 5) is 18.1. The summed E-state index contributed by atoms with van der Waals surface area (Å²) in [5.41, 5.74) is 0.791. The van der Waals surface area contributed by atoms with Gasteiger partial charge in [-0.1, -0.05) is 0 Å². The highest BCUT2D eigenvalue weighted by molar-refractivity contribution is 7.13. The van der Waals surface area contributed by atoms with Crippen LogP contribution in [0.5, 0.6) is 0 Å². The molecule has 0 radical (unpaired) electrons. The molecule has 2 heterocycles. The maximum Gasteiger partial charge on any atom is 0.311 e. The monoisotopic (exact) mass is 283 g/mol. The van der Waals surface area contributed by atoms with E-state index in [4.69, 9.17) is 4.74 Å². The molecule has 0 atom stereocenters. The number of anilines is 1. The number of thiazole rings is 1. The summed E-state index contributed by atoms with van der Waals surface area (Å²) in [6.45, 7) is 4.48. The Morgan fingerprint density at radius 2 is 2.32 bits per heavy atom. The van der Waals surface area contributed by atoms with Gasteiger partial charge in [0.05, 0.1) is 18.7 Å². The summed E-state index contributed by atoms with van der Waals surface area (Å²) in [5, 5.41) is 6.29. The first kappa shape index (κ1) is 14.3. The van der Waals surface area contributed by atoms with Crippen LogP contribution in [0, 0.1) is 0 Å². The molecule has 1 fully saturated rings. The van der Waals surface area contributed by atoms with Crippen LogP contribution in [0.2, 0.25) is 0 Å². The second-order valence-electron chi connectivity index (χ2n) is 4.85. The zero-order valence-corrected chi connectivity index (χ0v) is 12.3. The Labute approximate surface area is 118 Å². The first-order chi connectivity index (χ1) is 9.17. The predicted molar refractivity (Wildman–Crippen MR) is 76.6 cm³/mol. The Balaban J connectivity index is 1.82. The van der Waals surface area contributed by atoms with Gasteiger partial charge in [0.15, 0.2) is 5.13 Å². The van der Waals surface area contributed by atoms with Gasteiger partial charge in [-0.3, -0.25) is 4.79 Å². The quantitative estimate of drug-likeness (QED) is 0.834. The topological polar surface area (TPSA) is 54.5 Å². The van der Waals surface area contributed by atoms with E-state index in [9.17, 15) is 4.79 Å². The molecule has 1 aromatic rings. The highest BCUT2D eigenvalue weighted by Gasteiger charge is 2.17. The van der Waals surface area contributed by atoms with Crippen molar-refractivity contribution in [3.8, 4) is 0 Å². The molecular formula is C13H21N3O2S. The molecule has 0 aliphatic carbocycles. The second-order valence-corrected chi connectivity index (χ2v) is 5.71. The highest BCUT2D eigenvalue weighted by Crippen LogP contribution is 2.20. The third-order valence-corrected chi connectivity index (χ3v) is 4.05. The van der Waals surface area contributed by atoms with Gasteiger partial charge in [0.25, 0.3) is 0 Å². The summed E-state index contributed by atoms with van der Waals surface area (Å²) < 4.78 is 4.92. The minimum absolute atomic E-state index is 0.210. The number of piperidine rings is 1. The van der Waals surface area contributed by atoms with Crippen LogP contribution in [0.1, 0.15) is 25.5 Å². The van der Waals surface area contributed by atoms with Crippen LogP contribution < -0.4 is 5.32 Å². The van der Waals surface area contributed by atoms with Gasteiger partial charge in [-0.15, -0.1) is 11.3 Å². The molecule has 0 unspecified atom stereocenters. The Morgan fingerprint density at radius 3 is 3.00 bits per heavy atom. The van der Waals surface area contributed by atoms with Crippen LogP contribution in [0.15, 0.2) is 5.38 Å². The molecule has 106 valence electrons. The third-order valence-electron chi connectivity index (χ3n) is 3.23. The maximum atomic E-state index is 11.4. The average molecular weight is 283 g/mol. The zero-order valence-electron chi connectivity index (χ0n) is 11.5. The molecule has 5 nitrogen and oxygen atoms in total. The first-order valence-electron chi connectivity index (χ1n) is 6.72. The average Bonchev–Trinajstić information content (AvgIpc) is 2.80. The van der Waals surface area contributed by atoms with E-state index < -0.39 is 0 Å². The van der Waals surface area contributed by atoms with Crippen LogP contribution >= 0.6 is 11.3 Å². The van der Waals surface area contributed by atoms with Crippen LogP contribution in [0.25, 0.3) is 0 Å². The fourth-order valence-corrected chi connectivity index (χ4v) is 2.93. The molecule has 19 heavy (non-hydrogen) atoms. The molecule has 6 heteroatoms. The first-order valence-corrected chi connectivity index (χ1v) is 7.60. The highest BCUT2D eigenvalue weighted by atomic mass is 32.1. The number of hydrogen-bond donors (Lipinski definition) is 1. The van der Waals surface area contributed by atoms with Crippen LogP contribution in [-0.4, -0.2) is 48.6 Å². The number of esters is 1. The van der Waals surface area contributed by atoms with E-state index >= 15 is 0 Å². The standard InChI is InChI=1S/C13H21N3O2S/c1-3-18-12(17)8-11-9-19-13(15-11)14-10-4-6-16(2)7-5-10/h9-10H,3-8H2,1-2H3,(H,14,15).